The van der Waals surface area contributed by atoms with Gasteiger partial charge >= 0.3 is 0 Å². The zero-order valence-electron chi connectivity index (χ0n) is 15.4. The Bertz CT molecular complexity index is 1040. The number of aliphatic hydroxyl groups excluding tert-OH is 2. The van der Waals surface area contributed by atoms with Crippen molar-refractivity contribution in [1.82, 2.24) is 19.5 Å². The molecule has 0 unspecified atom stereocenters. The molecule has 4 N–H and O–H groups in total. The van der Waals surface area contributed by atoms with Gasteiger partial charge in [-0.15, -0.1) is 11.3 Å². The Hall–Kier alpha value is -2.51. The summed E-state index contributed by atoms with van der Waals surface area (Å²) in [6.45, 7) is 2.13. The van der Waals surface area contributed by atoms with Crippen molar-refractivity contribution >= 4 is 28.3 Å². The molecule has 0 radical (unpaired) electrons. The van der Waals surface area contributed by atoms with E-state index in [0.29, 0.717) is 22.8 Å². The van der Waals surface area contributed by atoms with Gasteiger partial charge in [-0.3, -0.25) is 4.57 Å². The zero-order chi connectivity index (χ0) is 19.7. The van der Waals surface area contributed by atoms with Crippen LogP contribution >= 0.6 is 11.3 Å². The minimum absolute atomic E-state index is 0.0274. The van der Waals surface area contributed by atoms with Crippen LogP contribution in [0.1, 0.15) is 38.2 Å². The van der Waals surface area contributed by atoms with Gasteiger partial charge in [-0.1, -0.05) is 25.3 Å². The maximum atomic E-state index is 10.4. The van der Waals surface area contributed by atoms with Crippen molar-refractivity contribution in [3.63, 3.8) is 0 Å². The first-order chi connectivity index (χ1) is 13.6. The highest BCUT2D eigenvalue weighted by molar-refractivity contribution is 7.13. The highest BCUT2D eigenvalue weighted by Gasteiger charge is 2.39. The van der Waals surface area contributed by atoms with Crippen LogP contribution in [0.4, 0.5) is 5.82 Å². The van der Waals surface area contributed by atoms with Gasteiger partial charge in [-0.2, -0.15) is 0 Å². The third-order valence-electron chi connectivity index (χ3n) is 4.54. The van der Waals surface area contributed by atoms with E-state index in [1.807, 2.05) is 17.5 Å². The SMILES string of the molecule is CCCCC#Cc1nc(N)c2nc(-c3cccs3)n([C@@H]3OC[C@@H](O)[C@H]3O)c2n1. The summed E-state index contributed by atoms with van der Waals surface area (Å²) >= 11 is 1.50. The van der Waals surface area contributed by atoms with Gasteiger partial charge in [0.1, 0.15) is 12.2 Å². The van der Waals surface area contributed by atoms with Gasteiger partial charge in [0.05, 0.1) is 11.5 Å². The largest absolute Gasteiger partial charge is 0.388 e. The first kappa shape index (κ1) is 18.8. The monoisotopic (exact) mass is 399 g/mol. The first-order valence-corrected chi connectivity index (χ1v) is 10.0. The van der Waals surface area contributed by atoms with Gasteiger partial charge in [-0.25, -0.2) is 15.0 Å². The number of nitrogens with zero attached hydrogens (tertiary/aromatic N) is 4. The van der Waals surface area contributed by atoms with E-state index in [0.717, 1.165) is 24.1 Å². The Balaban J connectivity index is 1.88. The Kier molecular flexibility index (Phi) is 5.28. The van der Waals surface area contributed by atoms with Gasteiger partial charge < -0.3 is 20.7 Å². The average Bonchev–Trinajstić information content (AvgIpc) is 3.39. The highest BCUT2D eigenvalue weighted by Crippen LogP contribution is 2.36. The highest BCUT2D eigenvalue weighted by atomic mass is 32.1. The predicted octanol–water partition coefficient (Wildman–Crippen LogP) is 1.93. The second kappa shape index (κ2) is 7.85. The van der Waals surface area contributed by atoms with Gasteiger partial charge in [0.25, 0.3) is 0 Å². The van der Waals surface area contributed by atoms with Crippen molar-refractivity contribution in [3.8, 4) is 22.5 Å². The summed E-state index contributed by atoms with van der Waals surface area (Å²) in [5.41, 5.74) is 6.98. The third kappa shape index (κ3) is 3.36. The van der Waals surface area contributed by atoms with Gasteiger partial charge in [0.15, 0.2) is 29.0 Å². The van der Waals surface area contributed by atoms with Gasteiger partial charge in [0, 0.05) is 6.42 Å². The molecule has 0 aromatic carbocycles. The summed E-state index contributed by atoms with van der Waals surface area (Å²) in [5.74, 6) is 7.08. The van der Waals surface area contributed by atoms with Gasteiger partial charge in [0.2, 0.25) is 5.82 Å². The molecular formula is C19H21N5O3S. The summed E-state index contributed by atoms with van der Waals surface area (Å²) in [6, 6.07) is 3.82. The van der Waals surface area contributed by atoms with Crippen LogP contribution in [0, 0.1) is 11.8 Å². The molecule has 1 aliphatic heterocycles. The minimum atomic E-state index is -1.11. The number of ether oxygens (including phenoxy) is 1. The molecule has 1 aliphatic rings. The molecule has 146 valence electrons. The number of thiophene rings is 1. The molecule has 3 atom stereocenters. The Labute approximate surface area is 166 Å². The zero-order valence-corrected chi connectivity index (χ0v) is 16.2. The lowest BCUT2D eigenvalue weighted by atomic mass is 10.2. The van der Waals surface area contributed by atoms with E-state index in [1.165, 1.54) is 11.3 Å². The number of aromatic nitrogens is 4. The summed E-state index contributed by atoms with van der Waals surface area (Å²) in [4.78, 5) is 14.3. The Morgan fingerprint density at radius 1 is 1.36 bits per heavy atom. The number of hydrogen-bond acceptors (Lipinski definition) is 8. The van der Waals surface area contributed by atoms with Gasteiger partial charge in [-0.05, 0) is 23.8 Å². The Morgan fingerprint density at radius 3 is 2.89 bits per heavy atom. The molecule has 0 amide bonds. The van der Waals surface area contributed by atoms with Crippen molar-refractivity contribution in [1.29, 1.82) is 0 Å². The van der Waals surface area contributed by atoms with Crippen molar-refractivity contribution in [2.24, 2.45) is 0 Å². The van der Waals surface area contributed by atoms with Crippen molar-refractivity contribution < 1.29 is 14.9 Å². The number of aliphatic hydroxyl groups is 2. The molecule has 0 spiro atoms. The summed E-state index contributed by atoms with van der Waals surface area (Å²) in [6.07, 6.45) is -0.0866. The number of imidazole rings is 1. The molecule has 4 heterocycles. The molecule has 1 fully saturated rings. The van der Waals surface area contributed by atoms with Crippen LogP contribution in [0.3, 0.4) is 0 Å². The molecule has 0 bridgehead atoms. The fourth-order valence-corrected chi connectivity index (χ4v) is 3.80. The van der Waals surface area contributed by atoms with Crippen LogP contribution in [-0.2, 0) is 4.74 Å². The lowest BCUT2D eigenvalue weighted by Crippen LogP contribution is -2.28. The van der Waals surface area contributed by atoms with Crippen LogP contribution in [0.15, 0.2) is 17.5 Å². The smallest absolute Gasteiger partial charge is 0.208 e. The molecule has 8 nitrogen and oxygen atoms in total. The quantitative estimate of drug-likeness (QED) is 0.453. The van der Waals surface area contributed by atoms with Crippen molar-refractivity contribution in [2.75, 3.05) is 12.3 Å². The predicted molar refractivity (Wildman–Crippen MR) is 106 cm³/mol. The molecule has 4 rings (SSSR count). The molecular weight excluding hydrogens is 378 g/mol. The number of nitrogens with two attached hydrogens (primary N) is 1. The first-order valence-electron chi connectivity index (χ1n) is 9.16. The summed E-state index contributed by atoms with van der Waals surface area (Å²) < 4.78 is 7.33. The van der Waals surface area contributed by atoms with E-state index >= 15 is 0 Å². The minimum Gasteiger partial charge on any atom is -0.388 e. The van der Waals surface area contributed by atoms with E-state index < -0.39 is 18.4 Å². The van der Waals surface area contributed by atoms with Crippen LogP contribution in [-0.4, -0.2) is 48.5 Å². The number of fused-ring (bicyclic) bond motifs is 1. The average molecular weight is 399 g/mol. The lowest BCUT2D eigenvalue weighted by Gasteiger charge is -2.19. The second-order valence-electron chi connectivity index (χ2n) is 6.57. The summed E-state index contributed by atoms with van der Waals surface area (Å²) in [5, 5.41) is 22.3. The number of anilines is 1. The Morgan fingerprint density at radius 2 is 2.21 bits per heavy atom. The maximum Gasteiger partial charge on any atom is 0.208 e. The van der Waals surface area contributed by atoms with Crippen LogP contribution in [0.2, 0.25) is 0 Å². The van der Waals surface area contributed by atoms with Crippen LogP contribution in [0.5, 0.6) is 0 Å². The standard InChI is InChI=1S/C19H21N5O3S/c1-2-3-4-5-8-13-21-16(20)14-18(22-13)24(19-15(26)11(25)10-27-19)17(23-14)12-7-6-9-28-12/h6-7,9,11,15,19,25-26H,2-4,10H2,1H3,(H2,20,21,22)/t11-,15-,19-/m1/s1. The molecule has 28 heavy (non-hydrogen) atoms. The number of hydrogen-bond donors (Lipinski definition) is 3. The van der Waals surface area contributed by atoms with E-state index in [-0.39, 0.29) is 12.4 Å². The molecule has 9 heteroatoms. The third-order valence-corrected chi connectivity index (χ3v) is 5.41. The van der Waals surface area contributed by atoms with E-state index in [9.17, 15) is 10.2 Å². The molecule has 1 saturated heterocycles. The maximum absolute atomic E-state index is 10.4. The fraction of sp³-hybridized carbons (Fsp3) is 0.421. The number of nitrogen functional groups attached to an aromatic ring is 1. The molecule has 3 aromatic heterocycles. The normalized spacial score (nSPS) is 21.8. The molecule has 3 aromatic rings. The number of rotatable bonds is 4. The molecule has 0 aliphatic carbocycles. The fourth-order valence-electron chi connectivity index (χ4n) is 3.09. The van der Waals surface area contributed by atoms with E-state index in [4.69, 9.17) is 10.5 Å². The number of unbranched alkanes of at least 4 members (excludes halogenated alkanes) is 2. The topological polar surface area (TPSA) is 119 Å². The van der Waals surface area contributed by atoms with E-state index in [2.05, 4.69) is 33.7 Å². The van der Waals surface area contributed by atoms with E-state index in [1.54, 1.807) is 4.57 Å². The van der Waals surface area contributed by atoms with Crippen molar-refractivity contribution in [3.05, 3.63) is 23.3 Å². The molecule has 0 saturated carbocycles. The summed E-state index contributed by atoms with van der Waals surface area (Å²) in [7, 11) is 0. The lowest BCUT2D eigenvalue weighted by molar-refractivity contribution is -0.0152. The second-order valence-corrected chi connectivity index (χ2v) is 7.52. The van der Waals surface area contributed by atoms with Crippen LogP contribution < -0.4 is 5.73 Å². The van der Waals surface area contributed by atoms with Crippen LogP contribution in [0.25, 0.3) is 21.9 Å². The van der Waals surface area contributed by atoms with Crippen molar-refractivity contribution in [2.45, 2.75) is 44.6 Å².